The van der Waals surface area contributed by atoms with Gasteiger partial charge in [-0.2, -0.15) is 5.10 Å². The average Bonchev–Trinajstić information content (AvgIpc) is 3.45. The van der Waals surface area contributed by atoms with Gasteiger partial charge in [-0.05, 0) is 32.2 Å². The maximum Gasteiger partial charge on any atom is 0.168 e. The molecule has 1 saturated heterocycles. The van der Waals surface area contributed by atoms with Gasteiger partial charge in [0.05, 0.1) is 6.20 Å². The van der Waals surface area contributed by atoms with E-state index in [0.29, 0.717) is 23.6 Å². The van der Waals surface area contributed by atoms with Gasteiger partial charge in [-0.3, -0.25) is 0 Å². The number of nitrogens with zero attached hydrogens (tertiary/aromatic N) is 4. The minimum absolute atomic E-state index is 0.0150. The smallest absolute Gasteiger partial charge is 0.168 e. The van der Waals surface area contributed by atoms with Crippen LogP contribution >= 0.6 is 0 Å². The first kappa shape index (κ1) is 17.3. The van der Waals surface area contributed by atoms with Gasteiger partial charge in [0.2, 0.25) is 0 Å². The summed E-state index contributed by atoms with van der Waals surface area (Å²) in [6.45, 7) is 1.64. The van der Waals surface area contributed by atoms with Gasteiger partial charge in [0.1, 0.15) is 22.8 Å². The van der Waals surface area contributed by atoms with E-state index >= 15 is 0 Å². The molecule has 1 aliphatic heterocycles. The number of fused-ring (bicyclic) bond motifs is 1. The average molecular weight is 386 g/mol. The molecule has 2 aliphatic rings. The zero-order chi connectivity index (χ0) is 19.3. The molecule has 9 heteroatoms. The van der Waals surface area contributed by atoms with Crippen LogP contribution in [0.2, 0.25) is 0 Å². The Morgan fingerprint density at radius 2 is 2.04 bits per heavy atom. The normalized spacial score (nSPS) is 19.9. The number of rotatable bonds is 4. The number of aromatic nitrogens is 4. The maximum atomic E-state index is 14.6. The van der Waals surface area contributed by atoms with Crippen molar-refractivity contribution in [1.82, 2.24) is 24.9 Å². The molecule has 3 aromatic rings. The van der Waals surface area contributed by atoms with Gasteiger partial charge in [0.15, 0.2) is 23.1 Å². The monoisotopic (exact) mass is 386 g/mol. The zero-order valence-electron chi connectivity index (χ0n) is 15.1. The highest BCUT2D eigenvalue weighted by molar-refractivity contribution is 5.63. The third-order valence-corrected chi connectivity index (χ3v) is 5.27. The lowest BCUT2D eigenvalue weighted by atomic mass is 10.1. The molecule has 2 fully saturated rings. The summed E-state index contributed by atoms with van der Waals surface area (Å²) < 4.78 is 30.4. The molecule has 1 saturated carbocycles. The van der Waals surface area contributed by atoms with Crippen molar-refractivity contribution < 1.29 is 13.9 Å². The van der Waals surface area contributed by atoms with Crippen molar-refractivity contribution in [2.45, 2.75) is 37.6 Å². The highest BCUT2D eigenvalue weighted by atomic mass is 19.1. The van der Waals surface area contributed by atoms with E-state index < -0.39 is 11.6 Å². The summed E-state index contributed by atoms with van der Waals surface area (Å²) >= 11 is 0. The molecule has 3 N–H and O–H groups in total. The number of imidazole rings is 1. The first-order valence-electron chi connectivity index (χ1n) is 9.51. The fourth-order valence-electron chi connectivity index (χ4n) is 3.64. The summed E-state index contributed by atoms with van der Waals surface area (Å²) in [5.74, 6) is -1.20. The molecular formula is C19H20F2N6O. The van der Waals surface area contributed by atoms with Crippen LogP contribution in [0.25, 0.3) is 17.0 Å². The molecule has 0 aromatic carbocycles. The van der Waals surface area contributed by atoms with E-state index in [1.807, 2.05) is 0 Å². The van der Waals surface area contributed by atoms with Crippen molar-refractivity contribution in [3.8, 4) is 17.1 Å². The van der Waals surface area contributed by atoms with Crippen molar-refractivity contribution in [3.05, 3.63) is 35.7 Å². The summed E-state index contributed by atoms with van der Waals surface area (Å²) in [7, 11) is 0. The summed E-state index contributed by atoms with van der Waals surface area (Å²) in [6.07, 6.45) is 5.24. The second kappa shape index (κ2) is 6.66. The number of nitrogens with one attached hydrogen (secondary N) is 2. The predicted octanol–water partition coefficient (Wildman–Crippen LogP) is 2.82. The number of pyridine rings is 1. The lowest BCUT2D eigenvalue weighted by molar-refractivity contribution is 0.461. The predicted molar refractivity (Wildman–Crippen MR) is 99.3 cm³/mol. The first-order valence-corrected chi connectivity index (χ1v) is 9.51. The van der Waals surface area contributed by atoms with Crippen LogP contribution in [0.15, 0.2) is 18.3 Å². The standard InChI is InChI=1S/C19H20F2N6O/c20-12-6-13(21)19(24-11-2-1-5-22-8-11)25-18(12)14-9-23-16-7-15(28)17(10-3-4-10)26-27(14)16/h6-7,9-11,22,28H,1-5,8H2,(H,24,25)/t11-/m1/s1. The number of hydrogen-bond acceptors (Lipinski definition) is 6. The van der Waals surface area contributed by atoms with E-state index in [1.165, 1.54) is 16.8 Å². The second-order valence-corrected chi connectivity index (χ2v) is 7.44. The minimum atomic E-state index is -0.783. The Kier molecular flexibility index (Phi) is 4.12. The van der Waals surface area contributed by atoms with E-state index in [2.05, 4.69) is 25.7 Å². The van der Waals surface area contributed by atoms with Crippen molar-refractivity contribution >= 4 is 11.5 Å². The summed E-state index contributed by atoms with van der Waals surface area (Å²) in [6, 6.07) is 2.38. The number of anilines is 1. The van der Waals surface area contributed by atoms with Gasteiger partial charge >= 0.3 is 0 Å². The molecule has 5 rings (SSSR count). The molecule has 0 bridgehead atoms. The molecule has 0 radical (unpaired) electrons. The highest BCUT2D eigenvalue weighted by Crippen LogP contribution is 2.43. The molecule has 0 unspecified atom stereocenters. The summed E-state index contributed by atoms with van der Waals surface area (Å²) in [4.78, 5) is 8.41. The van der Waals surface area contributed by atoms with Crippen molar-refractivity contribution in [3.63, 3.8) is 0 Å². The van der Waals surface area contributed by atoms with Crippen LogP contribution in [-0.2, 0) is 0 Å². The number of halogens is 2. The fourth-order valence-corrected chi connectivity index (χ4v) is 3.64. The van der Waals surface area contributed by atoms with Gasteiger partial charge in [-0.1, -0.05) is 0 Å². The van der Waals surface area contributed by atoms with Gasteiger partial charge in [0.25, 0.3) is 0 Å². The van der Waals surface area contributed by atoms with E-state index in [-0.39, 0.29) is 29.2 Å². The third-order valence-electron chi connectivity index (χ3n) is 5.27. The molecule has 1 aliphatic carbocycles. The van der Waals surface area contributed by atoms with Crippen LogP contribution in [0.4, 0.5) is 14.6 Å². The minimum Gasteiger partial charge on any atom is -0.506 e. The van der Waals surface area contributed by atoms with Crippen LogP contribution < -0.4 is 10.6 Å². The number of piperidine rings is 1. The van der Waals surface area contributed by atoms with Crippen LogP contribution in [-0.4, -0.2) is 43.8 Å². The van der Waals surface area contributed by atoms with E-state index in [4.69, 9.17) is 0 Å². The van der Waals surface area contributed by atoms with Gasteiger partial charge < -0.3 is 15.7 Å². The Morgan fingerprint density at radius 3 is 2.79 bits per heavy atom. The first-order chi connectivity index (χ1) is 13.6. The Morgan fingerprint density at radius 1 is 1.18 bits per heavy atom. The Hall–Kier alpha value is -2.81. The number of hydrogen-bond donors (Lipinski definition) is 3. The molecule has 0 amide bonds. The Bertz CT molecular complexity index is 1040. The summed E-state index contributed by atoms with van der Waals surface area (Å²) in [5.41, 5.74) is 1.24. The second-order valence-electron chi connectivity index (χ2n) is 7.44. The van der Waals surface area contributed by atoms with Crippen LogP contribution in [0.3, 0.4) is 0 Å². The van der Waals surface area contributed by atoms with Crippen molar-refractivity contribution in [2.24, 2.45) is 0 Å². The van der Waals surface area contributed by atoms with Crippen LogP contribution in [0, 0.1) is 11.6 Å². The Labute approximate surface area is 159 Å². The lowest BCUT2D eigenvalue weighted by Gasteiger charge is -2.24. The van der Waals surface area contributed by atoms with Gasteiger partial charge in [-0.15, -0.1) is 0 Å². The number of aromatic hydroxyl groups is 1. The summed E-state index contributed by atoms with van der Waals surface area (Å²) in [5, 5.41) is 20.9. The zero-order valence-corrected chi connectivity index (χ0v) is 15.1. The Balaban J connectivity index is 1.56. The molecule has 3 aromatic heterocycles. The molecule has 146 valence electrons. The van der Waals surface area contributed by atoms with Crippen LogP contribution in [0.1, 0.15) is 37.3 Å². The third kappa shape index (κ3) is 3.05. The van der Waals surface area contributed by atoms with Crippen molar-refractivity contribution in [2.75, 3.05) is 18.4 Å². The lowest BCUT2D eigenvalue weighted by Crippen LogP contribution is -2.38. The van der Waals surface area contributed by atoms with E-state index in [0.717, 1.165) is 38.3 Å². The van der Waals surface area contributed by atoms with Gasteiger partial charge in [0, 0.05) is 30.6 Å². The fraction of sp³-hybridized carbons (Fsp3) is 0.421. The van der Waals surface area contributed by atoms with Crippen LogP contribution in [0.5, 0.6) is 5.75 Å². The van der Waals surface area contributed by atoms with Crippen molar-refractivity contribution in [1.29, 1.82) is 0 Å². The van der Waals surface area contributed by atoms with Gasteiger partial charge in [-0.25, -0.2) is 23.3 Å². The molecule has 4 heterocycles. The van der Waals surface area contributed by atoms with E-state index in [9.17, 15) is 13.9 Å². The SMILES string of the molecule is Oc1cc2ncc(-c3nc(N[C@@H]4CCCNC4)c(F)cc3F)n2nc1C1CC1. The molecule has 0 spiro atoms. The topological polar surface area (TPSA) is 87.4 Å². The molecular weight excluding hydrogens is 366 g/mol. The highest BCUT2D eigenvalue weighted by Gasteiger charge is 2.29. The molecule has 28 heavy (non-hydrogen) atoms. The molecule has 7 nitrogen and oxygen atoms in total. The molecule has 1 atom stereocenters. The maximum absolute atomic E-state index is 14.6. The quantitative estimate of drug-likeness (QED) is 0.639. The largest absolute Gasteiger partial charge is 0.506 e. The van der Waals surface area contributed by atoms with E-state index in [1.54, 1.807) is 0 Å².